The summed E-state index contributed by atoms with van der Waals surface area (Å²) >= 11 is 0. The lowest BCUT2D eigenvalue weighted by molar-refractivity contribution is -0.106. The van der Waals surface area contributed by atoms with Crippen LogP contribution in [0.3, 0.4) is 0 Å². The number of hydrogen-bond acceptors (Lipinski definition) is 3. The zero-order valence-corrected chi connectivity index (χ0v) is 7.64. The standard InChI is InChI=1S/C6H9O3P.ClH/c7-1-4-10(5-2-8)6-3-9;/h1-3H,4-6H2;1H. The highest BCUT2D eigenvalue weighted by Crippen LogP contribution is 2.30. The summed E-state index contributed by atoms with van der Waals surface area (Å²) in [4.78, 5) is 29.8. The second-order valence-corrected chi connectivity index (χ2v) is 4.16. The molecule has 0 atom stereocenters. The Morgan fingerprint density at radius 2 is 1.09 bits per heavy atom. The summed E-state index contributed by atoms with van der Waals surface area (Å²) in [5.41, 5.74) is 0. The number of carbonyl (C=O) groups excluding carboxylic acids is 3. The van der Waals surface area contributed by atoms with Crippen LogP contribution in [0.4, 0.5) is 0 Å². The van der Waals surface area contributed by atoms with Gasteiger partial charge in [0.05, 0.1) is 0 Å². The van der Waals surface area contributed by atoms with Crippen LogP contribution in [-0.2, 0) is 14.4 Å². The van der Waals surface area contributed by atoms with E-state index in [2.05, 4.69) is 0 Å². The molecular formula is C6H10ClO3P. The largest absolute Gasteiger partial charge is 0.303 e. The lowest BCUT2D eigenvalue weighted by Gasteiger charge is -2.04. The van der Waals surface area contributed by atoms with Gasteiger partial charge in [-0.3, -0.25) is 0 Å². The Morgan fingerprint density at radius 1 is 0.818 bits per heavy atom. The van der Waals surface area contributed by atoms with Gasteiger partial charge in [0.2, 0.25) is 0 Å². The first kappa shape index (κ1) is 13.3. The van der Waals surface area contributed by atoms with E-state index in [4.69, 9.17) is 0 Å². The van der Waals surface area contributed by atoms with Gasteiger partial charge >= 0.3 is 0 Å². The normalized spacial score (nSPS) is 8.45. The van der Waals surface area contributed by atoms with Crippen LogP contribution in [0.2, 0.25) is 0 Å². The first-order chi connectivity index (χ1) is 4.85. The fourth-order valence-corrected chi connectivity index (χ4v) is 1.62. The third-order valence-electron chi connectivity index (χ3n) is 0.998. The van der Waals surface area contributed by atoms with Gasteiger partial charge in [0.15, 0.2) is 0 Å². The van der Waals surface area contributed by atoms with E-state index in [0.717, 1.165) is 18.9 Å². The summed E-state index contributed by atoms with van der Waals surface area (Å²) in [6.07, 6.45) is 3.39. The molecule has 0 fully saturated rings. The molecule has 0 spiro atoms. The summed E-state index contributed by atoms with van der Waals surface area (Å²) in [7, 11) is -0.665. The number of aldehydes is 3. The highest BCUT2D eigenvalue weighted by Gasteiger charge is 2.04. The summed E-state index contributed by atoms with van der Waals surface area (Å²) in [6.45, 7) is 0. The van der Waals surface area contributed by atoms with Crippen LogP contribution in [0, 0.1) is 0 Å². The average molecular weight is 197 g/mol. The fourth-order valence-electron chi connectivity index (χ4n) is 0.540. The Balaban J connectivity index is 0. The van der Waals surface area contributed by atoms with Crippen LogP contribution in [-0.4, -0.2) is 37.3 Å². The van der Waals surface area contributed by atoms with Crippen molar-refractivity contribution >= 4 is 39.2 Å². The summed E-state index contributed by atoms with van der Waals surface area (Å²) in [6, 6.07) is 0. The van der Waals surface area contributed by atoms with Gasteiger partial charge in [-0.1, -0.05) is 7.92 Å². The van der Waals surface area contributed by atoms with Crippen LogP contribution in [0.25, 0.3) is 0 Å². The minimum atomic E-state index is -0.665. The summed E-state index contributed by atoms with van der Waals surface area (Å²) < 4.78 is 0. The third-order valence-corrected chi connectivity index (χ3v) is 2.99. The first-order valence-corrected chi connectivity index (χ1v) is 4.78. The Hall–Kier alpha value is -0.270. The van der Waals surface area contributed by atoms with Crippen molar-refractivity contribution in [1.82, 2.24) is 0 Å². The molecule has 0 N–H and O–H groups in total. The van der Waals surface area contributed by atoms with Crippen molar-refractivity contribution in [2.24, 2.45) is 0 Å². The van der Waals surface area contributed by atoms with Crippen molar-refractivity contribution < 1.29 is 14.4 Å². The van der Waals surface area contributed by atoms with Crippen LogP contribution in [0.5, 0.6) is 0 Å². The SMILES string of the molecule is Cl.O=CCP(CC=O)CC=O. The minimum absolute atomic E-state index is 0. The van der Waals surface area contributed by atoms with Crippen molar-refractivity contribution in [1.29, 1.82) is 0 Å². The van der Waals surface area contributed by atoms with Gasteiger partial charge in [-0.05, 0) is 0 Å². The van der Waals surface area contributed by atoms with Crippen molar-refractivity contribution in [3.8, 4) is 0 Å². The maximum absolute atomic E-state index is 9.95. The minimum Gasteiger partial charge on any atom is -0.303 e. The molecule has 0 saturated carbocycles. The van der Waals surface area contributed by atoms with E-state index in [-0.39, 0.29) is 12.4 Å². The number of carbonyl (C=O) groups is 3. The van der Waals surface area contributed by atoms with Crippen molar-refractivity contribution in [2.45, 2.75) is 0 Å². The molecule has 0 rings (SSSR count). The molecule has 5 heteroatoms. The van der Waals surface area contributed by atoms with E-state index in [1.807, 2.05) is 0 Å². The van der Waals surface area contributed by atoms with Crippen molar-refractivity contribution in [3.63, 3.8) is 0 Å². The third kappa shape index (κ3) is 7.63. The Kier molecular flexibility index (Phi) is 11.8. The maximum atomic E-state index is 9.95. The quantitative estimate of drug-likeness (QED) is 0.459. The lowest BCUT2D eigenvalue weighted by atomic mass is 10.9. The Morgan fingerprint density at radius 3 is 1.27 bits per heavy atom. The fraction of sp³-hybridized carbons (Fsp3) is 0.500. The molecule has 0 heterocycles. The van der Waals surface area contributed by atoms with E-state index in [0.29, 0.717) is 18.5 Å². The molecule has 3 nitrogen and oxygen atoms in total. The van der Waals surface area contributed by atoms with Gasteiger partial charge in [-0.25, -0.2) is 0 Å². The van der Waals surface area contributed by atoms with E-state index in [9.17, 15) is 14.4 Å². The molecule has 0 aromatic rings. The Labute approximate surface area is 72.7 Å². The van der Waals surface area contributed by atoms with Gasteiger partial charge < -0.3 is 14.4 Å². The number of rotatable bonds is 6. The molecule has 0 aromatic carbocycles. The predicted octanol–water partition coefficient (Wildman–Crippen LogP) is 0.487. The lowest BCUT2D eigenvalue weighted by Crippen LogP contribution is -1.97. The van der Waals surface area contributed by atoms with Crippen LogP contribution in [0.15, 0.2) is 0 Å². The molecule has 0 aliphatic heterocycles. The van der Waals surface area contributed by atoms with Gasteiger partial charge in [0, 0.05) is 18.5 Å². The Bertz CT molecular complexity index is 105. The second kappa shape index (κ2) is 9.73. The molecule has 64 valence electrons. The van der Waals surface area contributed by atoms with Gasteiger partial charge in [-0.2, -0.15) is 0 Å². The van der Waals surface area contributed by atoms with Crippen LogP contribution >= 0.6 is 20.3 Å². The molecule has 0 bridgehead atoms. The van der Waals surface area contributed by atoms with Crippen LogP contribution in [0.1, 0.15) is 0 Å². The number of hydrogen-bond donors (Lipinski definition) is 0. The molecule has 0 aliphatic carbocycles. The van der Waals surface area contributed by atoms with Gasteiger partial charge in [0.1, 0.15) is 18.9 Å². The highest BCUT2D eigenvalue weighted by atomic mass is 35.5. The van der Waals surface area contributed by atoms with Gasteiger partial charge in [0.25, 0.3) is 0 Å². The molecule has 0 saturated heterocycles. The molecule has 0 radical (unpaired) electrons. The van der Waals surface area contributed by atoms with E-state index >= 15 is 0 Å². The van der Waals surface area contributed by atoms with E-state index in [1.54, 1.807) is 0 Å². The van der Waals surface area contributed by atoms with Crippen molar-refractivity contribution in [3.05, 3.63) is 0 Å². The zero-order chi connectivity index (χ0) is 7.82. The first-order valence-electron chi connectivity index (χ1n) is 2.88. The maximum Gasteiger partial charge on any atom is 0.124 e. The molecular weight excluding hydrogens is 186 g/mol. The van der Waals surface area contributed by atoms with E-state index in [1.165, 1.54) is 0 Å². The molecule has 11 heavy (non-hydrogen) atoms. The zero-order valence-electron chi connectivity index (χ0n) is 5.93. The monoisotopic (exact) mass is 196 g/mol. The second-order valence-electron chi connectivity index (χ2n) is 1.72. The molecule has 0 aromatic heterocycles. The molecule has 0 amide bonds. The summed E-state index contributed by atoms with van der Waals surface area (Å²) in [5.74, 6) is 0. The molecule has 0 unspecified atom stereocenters. The average Bonchev–Trinajstić information content (AvgIpc) is 1.90. The van der Waals surface area contributed by atoms with Gasteiger partial charge in [-0.15, -0.1) is 12.4 Å². The van der Waals surface area contributed by atoms with Crippen molar-refractivity contribution in [2.75, 3.05) is 18.5 Å². The number of halogens is 1. The van der Waals surface area contributed by atoms with Crippen LogP contribution < -0.4 is 0 Å². The predicted molar refractivity (Wildman–Crippen MR) is 47.0 cm³/mol. The topological polar surface area (TPSA) is 51.2 Å². The summed E-state index contributed by atoms with van der Waals surface area (Å²) in [5, 5.41) is 0. The van der Waals surface area contributed by atoms with E-state index < -0.39 is 7.92 Å². The molecule has 0 aliphatic rings. The smallest absolute Gasteiger partial charge is 0.124 e. The highest BCUT2D eigenvalue weighted by molar-refractivity contribution is 7.60.